The van der Waals surface area contributed by atoms with E-state index in [0.29, 0.717) is 6.42 Å². The van der Waals surface area contributed by atoms with E-state index in [2.05, 4.69) is 54.6 Å². The second kappa shape index (κ2) is 5.70. The van der Waals surface area contributed by atoms with Crippen LogP contribution in [0.15, 0.2) is 42.5 Å². The normalized spacial score (nSPS) is 13.4. The molecular weight excluding hydrogens is 260 g/mol. The largest absolute Gasteiger partial charge is 0.326 e. The number of carbonyl (C=O) groups excluding carboxylic acids is 1. The third-order valence-corrected chi connectivity index (χ3v) is 3.90. The summed E-state index contributed by atoms with van der Waals surface area (Å²) >= 11 is 0. The Morgan fingerprint density at radius 2 is 1.86 bits per heavy atom. The van der Waals surface area contributed by atoms with Gasteiger partial charge in [-0.2, -0.15) is 0 Å². The number of carbonyl (C=O) groups is 1. The van der Waals surface area contributed by atoms with Crippen LogP contribution in [0, 0.1) is 0 Å². The van der Waals surface area contributed by atoms with Gasteiger partial charge in [0.15, 0.2) is 0 Å². The maximum Gasteiger partial charge on any atom is 0.228 e. The molecule has 2 aromatic rings. The molecule has 1 aliphatic heterocycles. The average molecular weight is 280 g/mol. The molecule has 0 aromatic heterocycles. The molecule has 0 saturated carbocycles. The molecule has 1 N–H and O–H groups in total. The molecule has 108 valence electrons. The summed E-state index contributed by atoms with van der Waals surface area (Å²) in [6, 6.07) is 14.7. The minimum absolute atomic E-state index is 0.0834. The smallest absolute Gasteiger partial charge is 0.228 e. The number of nitrogens with one attached hydrogen (secondary N) is 1. The Kier molecular flexibility index (Phi) is 3.76. The zero-order chi connectivity index (χ0) is 14.8. The highest BCUT2D eigenvalue weighted by Gasteiger charge is 2.20. The van der Waals surface area contributed by atoms with Gasteiger partial charge in [0.1, 0.15) is 0 Å². The van der Waals surface area contributed by atoms with Crippen LogP contribution >= 0.6 is 0 Å². The summed E-state index contributed by atoms with van der Waals surface area (Å²) in [4.78, 5) is 13.8. The molecule has 0 spiro atoms. The summed E-state index contributed by atoms with van der Waals surface area (Å²) in [7, 11) is 4.18. The summed E-state index contributed by atoms with van der Waals surface area (Å²) in [5.74, 6) is 0.0834. The van der Waals surface area contributed by atoms with Crippen LogP contribution in [-0.4, -0.2) is 31.4 Å². The number of hydrogen-bond acceptors (Lipinski definition) is 2. The second-order valence-electron chi connectivity index (χ2n) is 5.81. The first-order valence-corrected chi connectivity index (χ1v) is 7.29. The monoisotopic (exact) mass is 280 g/mol. The average Bonchev–Trinajstić information content (AvgIpc) is 2.85. The van der Waals surface area contributed by atoms with Gasteiger partial charge in [-0.1, -0.05) is 36.4 Å². The topological polar surface area (TPSA) is 32.3 Å². The number of amides is 1. The van der Waals surface area contributed by atoms with E-state index < -0.39 is 0 Å². The van der Waals surface area contributed by atoms with Gasteiger partial charge in [0.25, 0.3) is 0 Å². The van der Waals surface area contributed by atoms with E-state index in [0.717, 1.165) is 29.8 Å². The molecule has 0 saturated heterocycles. The Bertz CT molecular complexity index is 659. The Morgan fingerprint density at radius 3 is 2.57 bits per heavy atom. The fourth-order valence-electron chi connectivity index (χ4n) is 2.72. The lowest BCUT2D eigenvalue weighted by atomic mass is 9.96. The molecule has 0 radical (unpaired) electrons. The third kappa shape index (κ3) is 2.98. The van der Waals surface area contributed by atoms with Gasteiger partial charge in [0.2, 0.25) is 5.91 Å². The zero-order valence-electron chi connectivity index (χ0n) is 12.5. The van der Waals surface area contributed by atoms with Gasteiger partial charge < -0.3 is 10.2 Å². The predicted octanol–water partition coefficient (Wildman–Crippen LogP) is 2.95. The van der Waals surface area contributed by atoms with E-state index in [1.54, 1.807) is 0 Å². The van der Waals surface area contributed by atoms with Gasteiger partial charge in [-0.3, -0.25) is 4.79 Å². The predicted molar refractivity (Wildman–Crippen MR) is 86.5 cm³/mol. The molecule has 1 aliphatic rings. The van der Waals surface area contributed by atoms with Gasteiger partial charge >= 0.3 is 0 Å². The molecule has 21 heavy (non-hydrogen) atoms. The highest BCUT2D eigenvalue weighted by molar-refractivity contribution is 6.01. The minimum atomic E-state index is 0.0834. The molecule has 0 fully saturated rings. The van der Waals surface area contributed by atoms with Crippen LogP contribution in [0.2, 0.25) is 0 Å². The van der Waals surface area contributed by atoms with Crippen molar-refractivity contribution in [3.8, 4) is 11.1 Å². The Balaban J connectivity index is 1.85. The van der Waals surface area contributed by atoms with Crippen LogP contribution in [0.1, 0.15) is 11.1 Å². The van der Waals surface area contributed by atoms with Gasteiger partial charge in [-0.15, -0.1) is 0 Å². The highest BCUT2D eigenvalue weighted by Crippen LogP contribution is 2.33. The van der Waals surface area contributed by atoms with E-state index >= 15 is 0 Å². The number of benzene rings is 2. The number of rotatable bonds is 4. The lowest BCUT2D eigenvalue weighted by Crippen LogP contribution is -2.14. The lowest BCUT2D eigenvalue weighted by molar-refractivity contribution is -0.115. The molecular formula is C18H20N2O. The number of nitrogens with zero attached hydrogens (tertiary/aromatic N) is 1. The van der Waals surface area contributed by atoms with Gasteiger partial charge in [0, 0.05) is 12.2 Å². The molecule has 0 aliphatic carbocycles. The Morgan fingerprint density at radius 1 is 1.10 bits per heavy atom. The molecule has 1 heterocycles. The van der Waals surface area contributed by atoms with E-state index in [9.17, 15) is 4.79 Å². The Hall–Kier alpha value is -2.13. The van der Waals surface area contributed by atoms with Crippen LogP contribution in [0.5, 0.6) is 0 Å². The molecule has 3 heteroatoms. The van der Waals surface area contributed by atoms with Crippen molar-refractivity contribution in [3.05, 3.63) is 53.6 Å². The number of anilines is 1. The third-order valence-electron chi connectivity index (χ3n) is 3.90. The summed E-state index contributed by atoms with van der Waals surface area (Å²) in [5.41, 5.74) is 5.74. The fourth-order valence-corrected chi connectivity index (χ4v) is 2.72. The Labute approximate surface area is 125 Å². The maximum absolute atomic E-state index is 11.6. The minimum Gasteiger partial charge on any atom is -0.326 e. The number of fused-ring (bicyclic) bond motifs is 1. The van der Waals surface area contributed by atoms with Crippen LogP contribution in [0.4, 0.5) is 5.69 Å². The van der Waals surface area contributed by atoms with Crippen LogP contribution in [-0.2, 0) is 17.6 Å². The van der Waals surface area contributed by atoms with Gasteiger partial charge in [-0.25, -0.2) is 0 Å². The lowest BCUT2D eigenvalue weighted by Gasteiger charge is -2.11. The molecule has 2 aromatic carbocycles. The highest BCUT2D eigenvalue weighted by atomic mass is 16.1. The van der Waals surface area contributed by atoms with E-state index in [1.165, 1.54) is 11.1 Å². The van der Waals surface area contributed by atoms with Crippen molar-refractivity contribution in [1.29, 1.82) is 0 Å². The van der Waals surface area contributed by atoms with Crippen LogP contribution < -0.4 is 5.32 Å². The van der Waals surface area contributed by atoms with Crippen molar-refractivity contribution >= 4 is 11.6 Å². The van der Waals surface area contributed by atoms with Crippen molar-refractivity contribution in [3.63, 3.8) is 0 Å². The first-order valence-electron chi connectivity index (χ1n) is 7.29. The molecule has 0 bridgehead atoms. The van der Waals surface area contributed by atoms with E-state index in [1.807, 2.05) is 12.1 Å². The molecule has 0 unspecified atom stereocenters. The van der Waals surface area contributed by atoms with E-state index in [4.69, 9.17) is 0 Å². The fraction of sp³-hybridized carbons (Fsp3) is 0.278. The SMILES string of the molecule is CN(C)CCc1ccc(-c2cccc3c2CC(=O)N3)cc1. The molecule has 0 atom stereocenters. The van der Waals surface area contributed by atoms with Crippen LogP contribution in [0.25, 0.3) is 11.1 Å². The summed E-state index contributed by atoms with van der Waals surface area (Å²) < 4.78 is 0. The summed E-state index contributed by atoms with van der Waals surface area (Å²) in [6.45, 7) is 1.05. The standard InChI is InChI=1S/C18H20N2O/c1-20(2)11-10-13-6-8-14(9-7-13)15-4-3-5-17-16(15)12-18(21)19-17/h3-9H,10-12H2,1-2H3,(H,19,21). The first-order chi connectivity index (χ1) is 10.1. The van der Waals surface area contributed by atoms with E-state index in [-0.39, 0.29) is 5.91 Å². The molecule has 3 rings (SSSR count). The summed E-state index contributed by atoms with van der Waals surface area (Å²) in [6.07, 6.45) is 1.54. The molecule has 3 nitrogen and oxygen atoms in total. The quantitative estimate of drug-likeness (QED) is 0.934. The van der Waals surface area contributed by atoms with Crippen molar-refractivity contribution in [2.24, 2.45) is 0 Å². The van der Waals surface area contributed by atoms with Gasteiger partial charge in [0.05, 0.1) is 6.42 Å². The van der Waals surface area contributed by atoms with Crippen molar-refractivity contribution in [2.75, 3.05) is 26.0 Å². The number of hydrogen-bond donors (Lipinski definition) is 1. The van der Waals surface area contributed by atoms with Crippen molar-refractivity contribution in [1.82, 2.24) is 4.90 Å². The first kappa shape index (κ1) is 13.8. The van der Waals surface area contributed by atoms with Crippen molar-refractivity contribution < 1.29 is 4.79 Å². The van der Waals surface area contributed by atoms with Crippen molar-refractivity contribution in [2.45, 2.75) is 12.8 Å². The van der Waals surface area contributed by atoms with Gasteiger partial charge in [-0.05, 0) is 48.8 Å². The maximum atomic E-state index is 11.6. The zero-order valence-corrected chi connectivity index (χ0v) is 12.5. The van der Waals surface area contributed by atoms with Crippen LogP contribution in [0.3, 0.4) is 0 Å². The second-order valence-corrected chi connectivity index (χ2v) is 5.81. The summed E-state index contributed by atoms with van der Waals surface area (Å²) in [5, 5.41) is 2.91. The number of likely N-dealkylation sites (N-methyl/N-ethyl adjacent to an activating group) is 1. The molecule has 1 amide bonds.